The third-order valence-corrected chi connectivity index (χ3v) is 1.73. The zero-order valence-corrected chi connectivity index (χ0v) is 7.46. The van der Waals surface area contributed by atoms with E-state index in [9.17, 15) is 4.79 Å². The van der Waals surface area contributed by atoms with E-state index in [0.29, 0.717) is 6.42 Å². The number of alkyl halides is 1. The molecule has 3 nitrogen and oxygen atoms in total. The summed E-state index contributed by atoms with van der Waals surface area (Å²) >= 11 is 5.61. The molecule has 2 unspecified atom stereocenters. The smallest absolute Gasteiger partial charge is 0.330 e. The molecule has 0 spiro atoms. The van der Waals surface area contributed by atoms with Crippen molar-refractivity contribution in [2.75, 3.05) is 6.61 Å². The topological polar surface area (TPSA) is 46.5 Å². The van der Waals surface area contributed by atoms with Gasteiger partial charge in [-0.15, -0.1) is 11.6 Å². The normalized spacial score (nSPS) is 14.9. The molecule has 0 saturated carbocycles. The highest BCUT2D eigenvalue weighted by Crippen LogP contribution is 2.06. The van der Waals surface area contributed by atoms with Crippen LogP contribution in [0, 0.1) is 6.92 Å². The van der Waals surface area contributed by atoms with E-state index in [1.54, 1.807) is 0 Å². The van der Waals surface area contributed by atoms with Gasteiger partial charge < -0.3 is 9.84 Å². The first-order valence-electron chi connectivity index (χ1n) is 3.52. The third-order valence-electron chi connectivity index (χ3n) is 1.22. The van der Waals surface area contributed by atoms with Crippen molar-refractivity contribution in [3.8, 4) is 0 Å². The number of hydrogen-bond acceptors (Lipinski definition) is 3. The first kappa shape index (κ1) is 11.5. The van der Waals surface area contributed by atoms with Crippen LogP contribution in [-0.2, 0) is 9.53 Å². The minimum Gasteiger partial charge on any atom is -0.462 e. The second-order valence-electron chi connectivity index (χ2n) is 2.24. The minimum atomic E-state index is -0.839. The van der Waals surface area contributed by atoms with Crippen LogP contribution in [0.1, 0.15) is 6.42 Å². The lowest BCUT2D eigenvalue weighted by atomic mass is 10.2. The van der Waals surface area contributed by atoms with E-state index in [1.165, 1.54) is 0 Å². The minimum absolute atomic E-state index is 0.172. The summed E-state index contributed by atoms with van der Waals surface area (Å²) in [6.07, 6.45) is 0.615. The summed E-state index contributed by atoms with van der Waals surface area (Å²) in [5, 5.41) is 8.36. The third kappa shape index (κ3) is 5.16. The summed E-state index contributed by atoms with van der Waals surface area (Å²) in [4.78, 5) is 10.5. The first-order valence-corrected chi connectivity index (χ1v) is 3.96. The Kier molecular flexibility index (Phi) is 5.76. The predicted molar refractivity (Wildman–Crippen MR) is 46.8 cm³/mol. The highest BCUT2D eigenvalue weighted by Gasteiger charge is 2.11. The molecule has 0 fully saturated rings. The van der Waals surface area contributed by atoms with Crippen LogP contribution in [0.5, 0.6) is 0 Å². The van der Waals surface area contributed by atoms with E-state index in [0.717, 1.165) is 6.08 Å². The van der Waals surface area contributed by atoms with Crippen LogP contribution in [0.2, 0.25) is 0 Å². The van der Waals surface area contributed by atoms with Crippen LogP contribution in [0.15, 0.2) is 12.7 Å². The van der Waals surface area contributed by atoms with Crippen molar-refractivity contribution in [1.82, 2.24) is 0 Å². The number of carbonyl (C=O) groups is 1. The molecule has 0 aliphatic carbocycles. The fourth-order valence-corrected chi connectivity index (χ4v) is 0.613. The van der Waals surface area contributed by atoms with E-state index < -0.39 is 17.5 Å². The van der Waals surface area contributed by atoms with Gasteiger partial charge in [-0.25, -0.2) is 4.79 Å². The summed E-state index contributed by atoms with van der Waals surface area (Å²) in [6.45, 7) is 6.72. The number of carbonyl (C=O) groups excluding carboxylic acids is 1. The molecule has 0 aliphatic rings. The summed E-state index contributed by atoms with van der Waals surface area (Å²) in [5.74, 6) is -0.489. The maximum absolute atomic E-state index is 10.5. The Bertz CT molecular complexity index is 156. The average Bonchev–Trinajstić information content (AvgIpc) is 2.03. The maximum atomic E-state index is 10.5. The average molecular weight is 192 g/mol. The molecule has 0 aromatic heterocycles. The van der Waals surface area contributed by atoms with E-state index in [2.05, 4.69) is 18.2 Å². The van der Waals surface area contributed by atoms with Gasteiger partial charge in [0.25, 0.3) is 0 Å². The van der Waals surface area contributed by atoms with Crippen LogP contribution >= 0.6 is 11.6 Å². The van der Waals surface area contributed by atoms with Crippen LogP contribution in [-0.4, -0.2) is 29.2 Å². The number of ether oxygens (including phenoxy) is 1. The molecule has 1 radical (unpaired) electrons. The van der Waals surface area contributed by atoms with Crippen LogP contribution < -0.4 is 0 Å². The van der Waals surface area contributed by atoms with Crippen molar-refractivity contribution in [1.29, 1.82) is 0 Å². The number of aliphatic hydroxyl groups is 1. The molecule has 0 bridgehead atoms. The Morgan fingerprint density at radius 2 is 2.33 bits per heavy atom. The van der Waals surface area contributed by atoms with Crippen LogP contribution in [0.3, 0.4) is 0 Å². The second kappa shape index (κ2) is 6.03. The molecule has 12 heavy (non-hydrogen) atoms. The van der Waals surface area contributed by atoms with Gasteiger partial charge in [-0.1, -0.05) is 6.58 Å². The highest BCUT2D eigenvalue weighted by molar-refractivity contribution is 6.21. The summed E-state index contributed by atoms with van der Waals surface area (Å²) in [5.41, 5.74) is 0. The van der Waals surface area contributed by atoms with Crippen molar-refractivity contribution >= 4 is 17.6 Å². The van der Waals surface area contributed by atoms with Crippen molar-refractivity contribution < 1.29 is 14.6 Å². The molecule has 0 amide bonds. The Balaban J connectivity index is 3.43. The van der Waals surface area contributed by atoms with Gasteiger partial charge in [0, 0.05) is 12.5 Å². The number of esters is 1. The molecule has 0 aromatic carbocycles. The Labute approximate surface area is 77.0 Å². The molecule has 69 valence electrons. The second-order valence-corrected chi connectivity index (χ2v) is 2.80. The Morgan fingerprint density at radius 1 is 1.75 bits per heavy atom. The summed E-state index contributed by atoms with van der Waals surface area (Å²) in [6, 6.07) is 0. The van der Waals surface area contributed by atoms with Gasteiger partial charge in [0.15, 0.2) is 0 Å². The number of rotatable bonds is 5. The molecule has 2 atom stereocenters. The van der Waals surface area contributed by atoms with Gasteiger partial charge in [0.05, 0.1) is 18.1 Å². The number of hydrogen-bond donors (Lipinski definition) is 1. The quantitative estimate of drug-likeness (QED) is 0.399. The van der Waals surface area contributed by atoms with Crippen LogP contribution in [0.4, 0.5) is 0 Å². The largest absolute Gasteiger partial charge is 0.462 e. The molecule has 0 aliphatic heterocycles. The monoisotopic (exact) mass is 191 g/mol. The van der Waals surface area contributed by atoms with Crippen LogP contribution in [0.25, 0.3) is 0 Å². The van der Waals surface area contributed by atoms with Crippen molar-refractivity contribution in [2.45, 2.75) is 17.9 Å². The molecule has 4 heteroatoms. The zero-order chi connectivity index (χ0) is 9.56. The van der Waals surface area contributed by atoms with Crippen molar-refractivity contribution in [3.05, 3.63) is 19.6 Å². The molecule has 0 rings (SSSR count). The molecule has 0 saturated heterocycles. The molecule has 0 heterocycles. The van der Waals surface area contributed by atoms with Gasteiger partial charge >= 0.3 is 5.97 Å². The van der Waals surface area contributed by atoms with E-state index >= 15 is 0 Å². The molecule has 1 N–H and O–H groups in total. The highest BCUT2D eigenvalue weighted by atomic mass is 35.5. The van der Waals surface area contributed by atoms with E-state index in [4.69, 9.17) is 16.7 Å². The first-order chi connectivity index (χ1) is 5.57. The Morgan fingerprint density at radius 3 is 2.75 bits per heavy atom. The van der Waals surface area contributed by atoms with Gasteiger partial charge in [0.2, 0.25) is 0 Å². The van der Waals surface area contributed by atoms with Gasteiger partial charge in [-0.3, -0.25) is 0 Å². The lowest BCUT2D eigenvalue weighted by molar-refractivity contribution is -0.137. The van der Waals surface area contributed by atoms with Gasteiger partial charge in [-0.2, -0.15) is 0 Å². The lowest BCUT2D eigenvalue weighted by Gasteiger charge is -2.11. The fraction of sp³-hybridized carbons (Fsp3) is 0.500. The number of aliphatic hydroxyl groups excluding tert-OH is 1. The Hall–Kier alpha value is -0.540. The van der Waals surface area contributed by atoms with Crippen molar-refractivity contribution in [3.63, 3.8) is 0 Å². The predicted octanol–water partition coefficient (Wildman–Crippen LogP) is 0.908. The molecular formula is C8H12ClO3. The van der Waals surface area contributed by atoms with Gasteiger partial charge in [0.1, 0.15) is 0 Å². The molecular weight excluding hydrogens is 180 g/mol. The summed E-state index contributed by atoms with van der Waals surface area (Å²) < 4.78 is 4.63. The van der Waals surface area contributed by atoms with Crippen molar-refractivity contribution in [2.24, 2.45) is 0 Å². The maximum Gasteiger partial charge on any atom is 0.330 e. The van der Waals surface area contributed by atoms with E-state index in [1.807, 2.05) is 0 Å². The standard InChI is InChI=1S/C8H12ClO3/c1-3-8(11)12-5-4-7(9)6(2)10/h3,6-7,10H,1-2,4-5H2. The van der Waals surface area contributed by atoms with E-state index in [-0.39, 0.29) is 6.61 Å². The lowest BCUT2D eigenvalue weighted by Crippen LogP contribution is -2.19. The SMILES string of the molecule is [CH2]C(O)C(Cl)CCOC(=O)C=C. The summed E-state index contributed by atoms with van der Waals surface area (Å²) in [7, 11) is 0. The molecule has 0 aromatic rings. The number of halogens is 1. The fourth-order valence-electron chi connectivity index (χ4n) is 0.523. The zero-order valence-electron chi connectivity index (χ0n) is 6.70. The van der Waals surface area contributed by atoms with Gasteiger partial charge in [-0.05, 0) is 6.92 Å².